The van der Waals surface area contributed by atoms with Gasteiger partial charge in [0.25, 0.3) is 5.91 Å². The maximum Gasteiger partial charge on any atom is 0.262 e. The van der Waals surface area contributed by atoms with Crippen LogP contribution in [0.2, 0.25) is 5.02 Å². The van der Waals surface area contributed by atoms with Gasteiger partial charge in [-0.2, -0.15) is 0 Å². The molecule has 0 aliphatic carbocycles. The zero-order valence-corrected chi connectivity index (χ0v) is 19.0. The summed E-state index contributed by atoms with van der Waals surface area (Å²) >= 11 is 9.32. The topological polar surface area (TPSA) is 59.6 Å². The first-order chi connectivity index (χ1) is 14.4. The van der Waals surface area contributed by atoms with Crippen molar-refractivity contribution >= 4 is 44.8 Å². The Morgan fingerprint density at radius 1 is 1.03 bits per heavy atom. The summed E-state index contributed by atoms with van der Waals surface area (Å²) < 4.78 is 12.1. The number of nitrogens with one attached hydrogen (secondary N) is 2. The summed E-state index contributed by atoms with van der Waals surface area (Å²) in [6.07, 6.45) is 0. The van der Waals surface area contributed by atoms with Crippen LogP contribution in [0.5, 0.6) is 11.5 Å². The summed E-state index contributed by atoms with van der Waals surface area (Å²) in [6, 6.07) is 18.6. The van der Waals surface area contributed by atoms with Gasteiger partial charge < -0.3 is 20.1 Å². The predicted octanol–water partition coefficient (Wildman–Crippen LogP) is 6.05. The van der Waals surface area contributed by atoms with Gasteiger partial charge in [-0.05, 0) is 72.6 Å². The monoisotopic (exact) mass is 488 g/mol. The largest absolute Gasteiger partial charge is 0.493 e. The van der Waals surface area contributed by atoms with Crippen LogP contribution in [0, 0.1) is 6.92 Å². The molecule has 5 nitrogen and oxygen atoms in total. The van der Waals surface area contributed by atoms with Gasteiger partial charge in [-0.3, -0.25) is 4.79 Å². The molecule has 0 heterocycles. The Bertz CT molecular complexity index is 1030. The highest BCUT2D eigenvalue weighted by atomic mass is 79.9. The summed E-state index contributed by atoms with van der Waals surface area (Å²) in [5, 5.41) is 6.79. The lowest BCUT2D eigenvalue weighted by Gasteiger charge is -2.14. The molecule has 0 atom stereocenters. The molecule has 0 unspecified atom stereocenters. The molecule has 0 bridgehead atoms. The zero-order chi connectivity index (χ0) is 21.5. The predicted molar refractivity (Wildman–Crippen MR) is 125 cm³/mol. The van der Waals surface area contributed by atoms with Crippen molar-refractivity contribution in [2.24, 2.45) is 0 Å². The lowest BCUT2D eigenvalue weighted by atomic mass is 10.1. The number of benzene rings is 3. The van der Waals surface area contributed by atoms with E-state index in [2.05, 4.69) is 39.6 Å². The van der Waals surface area contributed by atoms with E-state index in [1.165, 1.54) is 0 Å². The number of methoxy groups -OCH3 is 1. The number of anilines is 2. The van der Waals surface area contributed by atoms with Gasteiger partial charge in [0.1, 0.15) is 0 Å². The molecule has 0 aliphatic rings. The van der Waals surface area contributed by atoms with E-state index in [1.54, 1.807) is 37.4 Å². The number of ether oxygens (including phenoxy) is 2. The normalized spacial score (nSPS) is 10.4. The Hall–Kier alpha value is -2.70. The molecule has 0 fully saturated rings. The van der Waals surface area contributed by atoms with E-state index >= 15 is 0 Å². The van der Waals surface area contributed by atoms with E-state index in [9.17, 15) is 4.79 Å². The van der Waals surface area contributed by atoms with Crippen molar-refractivity contribution in [3.05, 3.63) is 81.3 Å². The maximum absolute atomic E-state index is 12.1. The first kappa shape index (κ1) is 22.0. The van der Waals surface area contributed by atoms with Crippen molar-refractivity contribution in [2.45, 2.75) is 13.5 Å². The number of hydrogen-bond acceptors (Lipinski definition) is 4. The number of amides is 1. The Balaban J connectivity index is 1.58. The van der Waals surface area contributed by atoms with E-state index in [-0.39, 0.29) is 12.5 Å². The van der Waals surface area contributed by atoms with Gasteiger partial charge in [0.05, 0.1) is 7.11 Å². The summed E-state index contributed by atoms with van der Waals surface area (Å²) in [7, 11) is 1.58. The third kappa shape index (κ3) is 6.15. The molecule has 156 valence electrons. The van der Waals surface area contributed by atoms with E-state index in [0.717, 1.165) is 21.3 Å². The maximum atomic E-state index is 12.1. The third-order valence-electron chi connectivity index (χ3n) is 4.39. The zero-order valence-electron chi connectivity index (χ0n) is 16.7. The number of hydrogen-bond donors (Lipinski definition) is 2. The second kappa shape index (κ2) is 10.4. The second-order valence-corrected chi connectivity index (χ2v) is 7.99. The van der Waals surface area contributed by atoms with Gasteiger partial charge in [-0.25, -0.2) is 0 Å². The van der Waals surface area contributed by atoms with Gasteiger partial charge >= 0.3 is 0 Å². The second-order valence-electron chi connectivity index (χ2n) is 6.64. The molecule has 0 aliphatic heterocycles. The van der Waals surface area contributed by atoms with Gasteiger partial charge in [0.15, 0.2) is 18.1 Å². The van der Waals surface area contributed by atoms with Crippen LogP contribution in [0.3, 0.4) is 0 Å². The average molecular weight is 490 g/mol. The molecule has 0 aromatic heterocycles. The lowest BCUT2D eigenvalue weighted by molar-refractivity contribution is -0.118. The summed E-state index contributed by atoms with van der Waals surface area (Å²) in [4.78, 5) is 12.1. The minimum absolute atomic E-state index is 0.130. The molecule has 0 spiro atoms. The Morgan fingerprint density at radius 3 is 2.50 bits per heavy atom. The first-order valence-electron chi connectivity index (χ1n) is 9.30. The molecule has 7 heteroatoms. The van der Waals surface area contributed by atoms with E-state index in [1.807, 2.05) is 24.3 Å². The summed E-state index contributed by atoms with van der Waals surface area (Å²) in [5.41, 5.74) is 3.91. The summed E-state index contributed by atoms with van der Waals surface area (Å²) in [5.74, 6) is 0.810. The fourth-order valence-corrected chi connectivity index (χ4v) is 3.44. The average Bonchev–Trinajstić information content (AvgIpc) is 2.73. The molecule has 3 aromatic carbocycles. The van der Waals surface area contributed by atoms with Crippen LogP contribution in [-0.2, 0) is 11.3 Å². The Kier molecular flexibility index (Phi) is 7.60. The molecular formula is C23H22BrClN2O3. The van der Waals surface area contributed by atoms with Crippen molar-refractivity contribution in [2.75, 3.05) is 24.4 Å². The van der Waals surface area contributed by atoms with Crippen LogP contribution in [0.25, 0.3) is 0 Å². The number of aryl methyl sites for hydroxylation is 1. The van der Waals surface area contributed by atoms with E-state index < -0.39 is 0 Å². The molecule has 3 aromatic rings. The molecular weight excluding hydrogens is 468 g/mol. The van der Waals surface area contributed by atoms with Crippen molar-refractivity contribution in [1.29, 1.82) is 0 Å². The van der Waals surface area contributed by atoms with Gasteiger partial charge in [-0.1, -0.05) is 33.6 Å². The third-order valence-corrected chi connectivity index (χ3v) is 5.13. The van der Waals surface area contributed by atoms with Crippen LogP contribution in [0.4, 0.5) is 11.4 Å². The first-order valence-corrected chi connectivity index (χ1v) is 10.5. The fraction of sp³-hybridized carbons (Fsp3) is 0.174. The molecule has 0 radical (unpaired) electrons. The van der Waals surface area contributed by atoms with E-state index in [0.29, 0.717) is 28.8 Å². The number of halogens is 2. The van der Waals surface area contributed by atoms with Crippen LogP contribution in [0.1, 0.15) is 11.1 Å². The quantitative estimate of drug-likeness (QED) is 0.404. The van der Waals surface area contributed by atoms with Crippen LogP contribution >= 0.6 is 27.5 Å². The highest BCUT2D eigenvalue weighted by molar-refractivity contribution is 9.10. The Labute approximate surface area is 189 Å². The Morgan fingerprint density at radius 2 is 1.80 bits per heavy atom. The van der Waals surface area contributed by atoms with Gasteiger partial charge in [0.2, 0.25) is 0 Å². The minimum Gasteiger partial charge on any atom is -0.493 e. The molecule has 2 N–H and O–H groups in total. The lowest BCUT2D eigenvalue weighted by Crippen LogP contribution is -2.20. The van der Waals surface area contributed by atoms with Gasteiger partial charge in [0, 0.05) is 27.4 Å². The van der Waals surface area contributed by atoms with Crippen LogP contribution in [0.15, 0.2) is 65.1 Å². The van der Waals surface area contributed by atoms with Crippen LogP contribution in [-0.4, -0.2) is 19.6 Å². The number of carbonyl (C=O) groups excluding carboxylic acids is 1. The van der Waals surface area contributed by atoms with Crippen LogP contribution < -0.4 is 20.1 Å². The molecule has 3 rings (SSSR count). The van der Waals surface area contributed by atoms with Crippen molar-refractivity contribution in [3.63, 3.8) is 0 Å². The highest BCUT2D eigenvalue weighted by Crippen LogP contribution is 2.29. The molecule has 0 saturated carbocycles. The molecule has 0 saturated heterocycles. The van der Waals surface area contributed by atoms with Crippen molar-refractivity contribution in [1.82, 2.24) is 0 Å². The van der Waals surface area contributed by atoms with Crippen molar-refractivity contribution < 1.29 is 14.3 Å². The number of rotatable bonds is 8. The smallest absolute Gasteiger partial charge is 0.262 e. The van der Waals surface area contributed by atoms with E-state index in [4.69, 9.17) is 21.1 Å². The fourth-order valence-electron chi connectivity index (χ4n) is 2.84. The molecule has 1 amide bonds. The molecule has 30 heavy (non-hydrogen) atoms. The van der Waals surface area contributed by atoms with Gasteiger partial charge in [-0.15, -0.1) is 0 Å². The standard InChI is InChI=1S/C23H22BrClN2O3/c1-15-11-17(24)4-9-20(15)26-13-16-3-10-21(22(12-16)29-2)30-14-23(28)27-19-7-5-18(25)6-8-19/h3-12,26H,13-14H2,1-2H3,(H,27,28). The highest BCUT2D eigenvalue weighted by Gasteiger charge is 2.10. The summed E-state index contributed by atoms with van der Waals surface area (Å²) in [6.45, 7) is 2.56. The number of carbonyl (C=O) groups is 1. The minimum atomic E-state index is -0.268. The SMILES string of the molecule is COc1cc(CNc2ccc(Br)cc2C)ccc1OCC(=O)Nc1ccc(Cl)cc1. The van der Waals surface area contributed by atoms with Crippen molar-refractivity contribution in [3.8, 4) is 11.5 Å².